The largest absolute Gasteiger partial charge is 0.453 e. The Morgan fingerprint density at radius 1 is 0.759 bits per heavy atom. The lowest BCUT2D eigenvalue weighted by molar-refractivity contribution is -0.136. The van der Waals surface area contributed by atoms with Crippen LogP contribution in [0.25, 0.3) is 22.4 Å². The SMILES string of the molecule is COC(=O)NC(C(=O)N1CCCC1c1ncc(-c2ccc(C#Cc3ccc4[nH]c(C5CCCN5C(=O)C(NC(=O)OC)C(C)C)nc4n3)cc2)[nH]1)C(C)C. The summed E-state index contributed by atoms with van der Waals surface area (Å²) in [5, 5.41) is 5.36. The van der Waals surface area contributed by atoms with Crippen molar-refractivity contribution in [1.29, 1.82) is 0 Å². The van der Waals surface area contributed by atoms with Crippen LogP contribution in [0.15, 0.2) is 42.6 Å². The smallest absolute Gasteiger partial charge is 0.407 e. The zero-order chi connectivity index (χ0) is 38.5. The quantitative estimate of drug-likeness (QED) is 0.175. The van der Waals surface area contributed by atoms with Crippen molar-refractivity contribution in [3.63, 3.8) is 0 Å². The van der Waals surface area contributed by atoms with Gasteiger partial charge in [-0.3, -0.25) is 9.59 Å². The predicted octanol–water partition coefficient (Wildman–Crippen LogP) is 4.84. The van der Waals surface area contributed by atoms with E-state index in [4.69, 9.17) is 14.5 Å². The summed E-state index contributed by atoms with van der Waals surface area (Å²) in [7, 11) is 2.56. The van der Waals surface area contributed by atoms with Crippen LogP contribution < -0.4 is 10.6 Å². The van der Waals surface area contributed by atoms with E-state index in [1.54, 1.807) is 16.0 Å². The van der Waals surface area contributed by atoms with Crippen LogP contribution in [0.4, 0.5) is 9.59 Å². The number of hydrogen-bond acceptors (Lipinski definition) is 9. The number of alkyl carbamates (subject to hydrolysis) is 2. The highest BCUT2D eigenvalue weighted by atomic mass is 16.5. The summed E-state index contributed by atoms with van der Waals surface area (Å²) >= 11 is 0. The number of H-pyrrole nitrogens is 2. The number of aromatic amines is 2. The number of carbonyl (C=O) groups is 4. The molecule has 0 saturated carbocycles. The molecule has 15 heteroatoms. The van der Waals surface area contributed by atoms with Crippen LogP contribution in [0, 0.1) is 23.7 Å². The summed E-state index contributed by atoms with van der Waals surface area (Å²) in [5.41, 5.74) is 4.35. The highest BCUT2D eigenvalue weighted by Crippen LogP contribution is 2.34. The molecule has 15 nitrogen and oxygen atoms in total. The first kappa shape index (κ1) is 37.8. The number of rotatable bonds is 9. The van der Waals surface area contributed by atoms with Crippen molar-refractivity contribution >= 4 is 35.2 Å². The molecule has 2 aliphatic rings. The third kappa shape index (κ3) is 8.17. The molecular weight excluding hydrogens is 690 g/mol. The monoisotopic (exact) mass is 737 g/mol. The van der Waals surface area contributed by atoms with Crippen LogP contribution in [0.5, 0.6) is 0 Å². The number of imidazole rings is 2. The zero-order valence-corrected chi connectivity index (χ0v) is 31.4. The second-order valence-electron chi connectivity index (χ2n) is 14.3. The third-order valence-electron chi connectivity index (χ3n) is 9.98. The van der Waals surface area contributed by atoms with Crippen LogP contribution >= 0.6 is 0 Å². The number of pyridine rings is 1. The summed E-state index contributed by atoms with van der Waals surface area (Å²) < 4.78 is 9.48. The molecule has 0 bridgehead atoms. The maximum absolute atomic E-state index is 13.5. The maximum atomic E-state index is 13.5. The Labute approximate surface area is 314 Å². The van der Waals surface area contributed by atoms with Gasteiger partial charge in [0.2, 0.25) is 11.8 Å². The Morgan fingerprint density at radius 3 is 1.89 bits per heavy atom. The fraction of sp³-hybridized carbons (Fsp3) is 0.462. The Hall–Kier alpha value is -5.91. The lowest BCUT2D eigenvalue weighted by atomic mass is 10.0. The van der Waals surface area contributed by atoms with E-state index >= 15 is 0 Å². The zero-order valence-electron chi connectivity index (χ0n) is 31.4. The minimum absolute atomic E-state index is 0.113. The number of likely N-dealkylation sites (tertiary alicyclic amines) is 2. The van der Waals surface area contributed by atoms with Crippen molar-refractivity contribution in [2.24, 2.45) is 11.8 Å². The molecule has 4 unspecified atom stereocenters. The molecule has 5 heterocycles. The summed E-state index contributed by atoms with van der Waals surface area (Å²) in [6.45, 7) is 8.69. The Bertz CT molecular complexity index is 2060. The maximum Gasteiger partial charge on any atom is 0.407 e. The van der Waals surface area contributed by atoms with Crippen LogP contribution in [-0.2, 0) is 19.1 Å². The number of nitrogens with one attached hydrogen (secondary N) is 4. The number of ether oxygens (including phenoxy) is 2. The highest BCUT2D eigenvalue weighted by molar-refractivity contribution is 5.87. The average molecular weight is 738 g/mol. The molecule has 1 aromatic carbocycles. The number of aromatic nitrogens is 5. The topological polar surface area (TPSA) is 188 Å². The van der Waals surface area contributed by atoms with Gasteiger partial charge in [0.15, 0.2) is 5.65 Å². The molecular formula is C39H47N9O6. The molecule has 54 heavy (non-hydrogen) atoms. The van der Waals surface area contributed by atoms with E-state index in [9.17, 15) is 19.2 Å². The van der Waals surface area contributed by atoms with Gasteiger partial charge in [-0.2, -0.15) is 0 Å². The van der Waals surface area contributed by atoms with Crippen LogP contribution in [0.1, 0.15) is 88.4 Å². The second-order valence-corrected chi connectivity index (χ2v) is 14.3. The number of amides is 4. The number of carbonyl (C=O) groups excluding carboxylic acids is 4. The number of methoxy groups -OCH3 is 2. The summed E-state index contributed by atoms with van der Waals surface area (Å²) in [6, 6.07) is 9.60. The van der Waals surface area contributed by atoms with Gasteiger partial charge in [-0.1, -0.05) is 45.7 Å². The van der Waals surface area contributed by atoms with E-state index < -0.39 is 24.3 Å². The highest BCUT2D eigenvalue weighted by Gasteiger charge is 2.39. The van der Waals surface area contributed by atoms with E-state index in [1.165, 1.54) is 14.2 Å². The van der Waals surface area contributed by atoms with Crippen LogP contribution in [-0.4, -0.2) is 98.1 Å². The number of benzene rings is 1. The van der Waals surface area contributed by atoms with Crippen molar-refractivity contribution in [3.8, 4) is 23.1 Å². The molecule has 284 valence electrons. The van der Waals surface area contributed by atoms with Crippen LogP contribution in [0.2, 0.25) is 0 Å². The van der Waals surface area contributed by atoms with Gasteiger partial charge in [0.25, 0.3) is 0 Å². The fourth-order valence-electron chi connectivity index (χ4n) is 7.05. The minimum Gasteiger partial charge on any atom is -0.453 e. The van der Waals surface area contributed by atoms with E-state index in [0.717, 1.165) is 48.0 Å². The molecule has 0 radical (unpaired) electrons. The Balaban J connectivity index is 1.12. The molecule has 6 rings (SSSR count). The summed E-state index contributed by atoms with van der Waals surface area (Å²) in [5.74, 6) is 7.10. The van der Waals surface area contributed by atoms with Gasteiger partial charge in [-0.25, -0.2) is 24.5 Å². The second kappa shape index (κ2) is 16.4. The summed E-state index contributed by atoms with van der Waals surface area (Å²) in [6.07, 6.45) is 3.65. The molecule has 0 spiro atoms. The van der Waals surface area contributed by atoms with E-state index in [-0.39, 0.29) is 35.7 Å². The van der Waals surface area contributed by atoms with E-state index in [0.29, 0.717) is 36.1 Å². The van der Waals surface area contributed by atoms with Gasteiger partial charge in [0.05, 0.1) is 43.7 Å². The first-order valence-corrected chi connectivity index (χ1v) is 18.3. The normalized spacial score (nSPS) is 18.0. The van der Waals surface area contributed by atoms with Gasteiger partial charge < -0.3 is 39.9 Å². The fourth-order valence-corrected chi connectivity index (χ4v) is 7.05. The van der Waals surface area contributed by atoms with Gasteiger partial charge in [0.1, 0.15) is 29.4 Å². The predicted molar refractivity (Wildman–Crippen MR) is 200 cm³/mol. The van der Waals surface area contributed by atoms with Gasteiger partial charge in [-0.05, 0) is 73.3 Å². The molecule has 3 aromatic heterocycles. The number of fused-ring (bicyclic) bond motifs is 1. The summed E-state index contributed by atoms with van der Waals surface area (Å²) in [4.78, 5) is 75.2. The molecule has 0 aliphatic carbocycles. The molecule has 4 N–H and O–H groups in total. The average Bonchev–Trinajstić information content (AvgIpc) is 4.00. The Kier molecular flexibility index (Phi) is 11.5. The first-order chi connectivity index (χ1) is 26.0. The van der Waals surface area contributed by atoms with Crippen molar-refractivity contribution < 1.29 is 28.7 Å². The molecule has 4 aromatic rings. The molecule has 4 atom stereocenters. The van der Waals surface area contributed by atoms with Crippen molar-refractivity contribution in [3.05, 3.63) is 65.5 Å². The lowest BCUT2D eigenvalue weighted by Gasteiger charge is -2.30. The molecule has 2 aliphatic heterocycles. The van der Waals surface area contributed by atoms with Crippen LogP contribution in [0.3, 0.4) is 0 Å². The van der Waals surface area contributed by atoms with Gasteiger partial charge in [-0.15, -0.1) is 0 Å². The Morgan fingerprint density at radius 2 is 1.33 bits per heavy atom. The lowest BCUT2D eigenvalue weighted by Crippen LogP contribution is -2.51. The molecule has 2 fully saturated rings. The molecule has 4 amide bonds. The van der Waals surface area contributed by atoms with E-state index in [1.807, 2.05) is 64.1 Å². The number of hydrogen-bond donors (Lipinski definition) is 4. The third-order valence-corrected chi connectivity index (χ3v) is 9.98. The standard InChI is InChI=1S/C39H47N9O6/c1-22(2)31(44-38(51)53-5)36(49)47-19-7-9-29(47)34-40-21-28(43-34)25-14-11-24(12-15-25)13-16-26-17-18-27-33(41-26)46-35(42-27)30-10-8-20-48(30)37(50)32(23(3)4)45-39(52)54-6/h11-12,14-15,17-18,21-23,29-32H,7-10,19-20H2,1-6H3,(H,40,43)(H,44,51)(H,45,52)(H,41,42,46). The minimum atomic E-state index is -0.713. The van der Waals surface area contributed by atoms with Gasteiger partial charge in [0, 0.05) is 18.7 Å². The van der Waals surface area contributed by atoms with Crippen molar-refractivity contribution in [1.82, 2.24) is 45.4 Å². The number of nitrogens with zero attached hydrogens (tertiary/aromatic N) is 5. The van der Waals surface area contributed by atoms with Crippen molar-refractivity contribution in [2.45, 2.75) is 77.5 Å². The first-order valence-electron chi connectivity index (χ1n) is 18.3. The van der Waals surface area contributed by atoms with Crippen molar-refractivity contribution in [2.75, 3.05) is 27.3 Å². The van der Waals surface area contributed by atoms with E-state index in [2.05, 4.69) is 42.4 Å². The van der Waals surface area contributed by atoms with Gasteiger partial charge >= 0.3 is 12.2 Å². The molecule has 2 saturated heterocycles.